The first kappa shape index (κ1) is 19.6. The van der Waals surface area contributed by atoms with Crippen LogP contribution in [0.3, 0.4) is 0 Å². The van der Waals surface area contributed by atoms with Gasteiger partial charge in [0, 0.05) is 27.7 Å². The van der Waals surface area contributed by atoms with E-state index in [2.05, 4.69) is 15.1 Å². The van der Waals surface area contributed by atoms with Crippen LogP contribution in [0.2, 0.25) is 5.02 Å². The second-order valence-corrected chi connectivity index (χ2v) is 7.30. The molecule has 1 amide bonds. The minimum Gasteiger partial charge on any atom is -0.347 e. The van der Waals surface area contributed by atoms with Crippen molar-refractivity contribution in [2.75, 3.05) is 13.2 Å². The summed E-state index contributed by atoms with van der Waals surface area (Å²) in [6, 6.07) is 8.00. The van der Waals surface area contributed by atoms with Crippen molar-refractivity contribution in [2.24, 2.45) is 5.10 Å². The van der Waals surface area contributed by atoms with Gasteiger partial charge < -0.3 is 14.0 Å². The summed E-state index contributed by atoms with van der Waals surface area (Å²) in [6.45, 7) is 8.76. The molecule has 0 atom stereocenters. The van der Waals surface area contributed by atoms with E-state index in [0.717, 1.165) is 33.2 Å². The normalized spacial score (nSPS) is 16.2. The van der Waals surface area contributed by atoms with E-state index >= 15 is 0 Å². The zero-order chi connectivity index (χ0) is 19.6. The first-order valence-electron chi connectivity index (χ1n) is 8.84. The standard InChI is InChI=1S/C20H24ClN3O3/c1-13-5-6-17(10-18(13)21)24-14(2)9-16(15(24)3)12-22-23-19(25)11-20(4)26-7-8-27-20/h5-6,9-10,12H,7-8,11H2,1-4H3,(H,23,25)/b22-12-. The first-order valence-corrected chi connectivity index (χ1v) is 9.22. The van der Waals surface area contributed by atoms with Gasteiger partial charge in [0.05, 0.1) is 25.8 Å². The van der Waals surface area contributed by atoms with Crippen LogP contribution in [0.15, 0.2) is 29.4 Å². The third-order valence-corrected chi connectivity index (χ3v) is 5.06. The first-order chi connectivity index (χ1) is 12.8. The summed E-state index contributed by atoms with van der Waals surface area (Å²) < 4.78 is 13.0. The van der Waals surface area contributed by atoms with Crippen LogP contribution in [0.4, 0.5) is 0 Å². The fourth-order valence-corrected chi connectivity index (χ4v) is 3.38. The van der Waals surface area contributed by atoms with E-state index in [-0.39, 0.29) is 12.3 Å². The average molecular weight is 390 g/mol. The third kappa shape index (κ3) is 4.40. The number of carbonyl (C=O) groups is 1. The van der Waals surface area contributed by atoms with Crippen LogP contribution in [-0.4, -0.2) is 35.7 Å². The van der Waals surface area contributed by atoms with Crippen molar-refractivity contribution in [3.63, 3.8) is 0 Å². The van der Waals surface area contributed by atoms with Crippen molar-refractivity contribution >= 4 is 23.7 Å². The maximum absolute atomic E-state index is 12.0. The molecule has 1 saturated heterocycles. The van der Waals surface area contributed by atoms with E-state index in [0.29, 0.717) is 13.2 Å². The lowest BCUT2D eigenvalue weighted by Crippen LogP contribution is -2.33. The molecular formula is C20H24ClN3O3. The lowest BCUT2D eigenvalue weighted by Gasteiger charge is -2.20. The van der Waals surface area contributed by atoms with Crippen LogP contribution in [0.25, 0.3) is 5.69 Å². The number of aryl methyl sites for hydroxylation is 2. The maximum atomic E-state index is 12.0. The molecule has 0 radical (unpaired) electrons. The highest BCUT2D eigenvalue weighted by Gasteiger charge is 2.33. The molecule has 0 bridgehead atoms. The molecule has 6 nitrogen and oxygen atoms in total. The molecule has 1 aromatic heterocycles. The van der Waals surface area contributed by atoms with Crippen molar-refractivity contribution in [3.8, 4) is 5.69 Å². The molecule has 1 aliphatic rings. The van der Waals surface area contributed by atoms with Gasteiger partial charge in [0.15, 0.2) is 5.79 Å². The van der Waals surface area contributed by atoms with Gasteiger partial charge in [-0.2, -0.15) is 5.10 Å². The molecule has 27 heavy (non-hydrogen) atoms. The highest BCUT2D eigenvalue weighted by atomic mass is 35.5. The lowest BCUT2D eigenvalue weighted by molar-refractivity contribution is -0.159. The number of nitrogens with zero attached hydrogens (tertiary/aromatic N) is 2. The number of aromatic nitrogens is 1. The molecule has 2 heterocycles. The Balaban J connectivity index is 1.71. The van der Waals surface area contributed by atoms with Gasteiger partial charge in [-0.05, 0) is 51.5 Å². The minimum atomic E-state index is -0.861. The Kier molecular flexibility index (Phi) is 5.69. The number of halogens is 1. The molecule has 1 aromatic carbocycles. The van der Waals surface area contributed by atoms with Crippen LogP contribution >= 0.6 is 11.6 Å². The van der Waals surface area contributed by atoms with Gasteiger partial charge >= 0.3 is 0 Å². The summed E-state index contributed by atoms with van der Waals surface area (Å²) in [5, 5.41) is 4.81. The predicted molar refractivity (Wildman–Crippen MR) is 106 cm³/mol. The molecule has 7 heteroatoms. The Morgan fingerprint density at radius 2 is 2.00 bits per heavy atom. The summed E-state index contributed by atoms with van der Waals surface area (Å²) in [6.07, 6.45) is 1.75. The number of carbonyl (C=O) groups excluding carboxylic acids is 1. The van der Waals surface area contributed by atoms with Crippen LogP contribution in [0, 0.1) is 20.8 Å². The van der Waals surface area contributed by atoms with Gasteiger partial charge in [-0.1, -0.05) is 17.7 Å². The summed E-state index contributed by atoms with van der Waals surface area (Å²) in [4.78, 5) is 12.0. The highest BCUT2D eigenvalue weighted by Crippen LogP contribution is 2.24. The molecule has 3 rings (SSSR count). The third-order valence-electron chi connectivity index (χ3n) is 4.66. The number of amides is 1. The van der Waals surface area contributed by atoms with E-state index in [1.54, 1.807) is 13.1 Å². The summed E-state index contributed by atoms with van der Waals surface area (Å²) in [5.41, 5.74) is 7.56. The van der Waals surface area contributed by atoms with Gasteiger partial charge in [0.1, 0.15) is 0 Å². The van der Waals surface area contributed by atoms with Gasteiger partial charge in [-0.3, -0.25) is 4.79 Å². The summed E-state index contributed by atoms with van der Waals surface area (Å²) >= 11 is 6.27. The number of hydrogen-bond acceptors (Lipinski definition) is 4. The monoisotopic (exact) mass is 389 g/mol. The van der Waals surface area contributed by atoms with Gasteiger partial charge in [-0.25, -0.2) is 5.43 Å². The van der Waals surface area contributed by atoms with Crippen molar-refractivity contribution in [1.29, 1.82) is 0 Å². The number of rotatable bonds is 5. The Morgan fingerprint density at radius 3 is 2.67 bits per heavy atom. The molecule has 144 valence electrons. The number of hydrazone groups is 1. The van der Waals surface area contributed by atoms with Crippen LogP contribution in [0.1, 0.15) is 35.9 Å². The molecule has 0 unspecified atom stereocenters. The summed E-state index contributed by atoms with van der Waals surface area (Å²) in [5.74, 6) is -1.12. The van der Waals surface area contributed by atoms with Gasteiger partial charge in [-0.15, -0.1) is 0 Å². The largest absolute Gasteiger partial charge is 0.347 e. The number of ether oxygens (including phenoxy) is 2. The molecule has 2 aromatic rings. The zero-order valence-corrected chi connectivity index (χ0v) is 16.8. The number of nitrogens with one attached hydrogen (secondary N) is 1. The molecule has 0 spiro atoms. The second kappa shape index (κ2) is 7.84. The smallest absolute Gasteiger partial charge is 0.245 e. The van der Waals surface area contributed by atoms with Gasteiger partial charge in [0.2, 0.25) is 5.91 Å². The molecule has 0 saturated carbocycles. The molecule has 1 fully saturated rings. The topological polar surface area (TPSA) is 64.9 Å². The molecule has 1 aliphatic heterocycles. The maximum Gasteiger partial charge on any atom is 0.245 e. The Labute approximate surface area is 164 Å². The van der Waals surface area contributed by atoms with E-state index < -0.39 is 5.79 Å². The van der Waals surface area contributed by atoms with Crippen LogP contribution in [0.5, 0.6) is 0 Å². The van der Waals surface area contributed by atoms with Crippen LogP contribution < -0.4 is 5.43 Å². The fraction of sp³-hybridized carbons (Fsp3) is 0.400. The highest BCUT2D eigenvalue weighted by molar-refractivity contribution is 6.31. The van der Waals surface area contributed by atoms with E-state index in [1.807, 2.05) is 45.0 Å². The SMILES string of the molecule is Cc1ccc(-n2c(C)cc(/C=N\NC(=O)CC3(C)OCCO3)c2C)cc1Cl. The van der Waals surface area contributed by atoms with Gasteiger partial charge in [0.25, 0.3) is 0 Å². The Bertz CT molecular complexity index is 883. The average Bonchev–Trinajstić information content (AvgIpc) is 3.14. The zero-order valence-electron chi connectivity index (χ0n) is 16.0. The lowest BCUT2D eigenvalue weighted by atomic mass is 10.2. The second-order valence-electron chi connectivity index (χ2n) is 6.90. The van der Waals surface area contributed by atoms with Crippen LogP contribution in [-0.2, 0) is 14.3 Å². The van der Waals surface area contributed by atoms with Crippen molar-refractivity contribution in [2.45, 2.75) is 39.9 Å². The minimum absolute atomic E-state index is 0.102. The molecular weight excluding hydrogens is 366 g/mol. The summed E-state index contributed by atoms with van der Waals surface area (Å²) in [7, 11) is 0. The Hall–Kier alpha value is -2.15. The number of benzene rings is 1. The predicted octanol–water partition coefficient (Wildman–Crippen LogP) is 3.66. The fourth-order valence-electron chi connectivity index (χ4n) is 3.20. The van der Waals surface area contributed by atoms with E-state index in [4.69, 9.17) is 21.1 Å². The van der Waals surface area contributed by atoms with Crippen molar-refractivity contribution in [1.82, 2.24) is 9.99 Å². The number of hydrogen-bond donors (Lipinski definition) is 1. The molecule has 0 aliphatic carbocycles. The van der Waals surface area contributed by atoms with E-state index in [1.165, 1.54) is 0 Å². The quantitative estimate of drug-likeness (QED) is 0.627. The molecule has 1 N–H and O–H groups in total. The van der Waals surface area contributed by atoms with Crippen molar-refractivity contribution < 1.29 is 14.3 Å². The van der Waals surface area contributed by atoms with Crippen molar-refractivity contribution in [3.05, 3.63) is 51.8 Å². The van der Waals surface area contributed by atoms with E-state index in [9.17, 15) is 4.79 Å². The Morgan fingerprint density at radius 1 is 1.30 bits per heavy atom.